The van der Waals surface area contributed by atoms with Crippen molar-refractivity contribution in [2.24, 2.45) is 17.8 Å². The van der Waals surface area contributed by atoms with E-state index >= 15 is 0 Å². The number of hydrogen-bond acceptors (Lipinski definition) is 8. The minimum atomic E-state index is -5.07. The summed E-state index contributed by atoms with van der Waals surface area (Å²) in [4.78, 5) is 38.0. The molecule has 1 saturated heterocycles. The molecule has 2 aliphatic rings. The molecule has 19 heteroatoms. The minimum Gasteiger partial charge on any atom is -0.463 e. The van der Waals surface area contributed by atoms with Crippen LogP contribution in [-0.2, 0) is 24.5 Å². The maximum absolute atomic E-state index is 13.6. The number of alkyl halides is 6. The van der Waals surface area contributed by atoms with E-state index in [4.69, 9.17) is 22.1 Å². The van der Waals surface area contributed by atoms with Crippen molar-refractivity contribution in [1.29, 1.82) is 0 Å². The number of anilines is 1. The van der Waals surface area contributed by atoms with Gasteiger partial charge in [0.15, 0.2) is 11.5 Å². The molecular formula is C26H26ClF6N9O3. The fraction of sp³-hybridized carbons (Fsp3) is 0.423. The number of carbonyl (C=O) groups excluding carboxylic acids is 2. The van der Waals surface area contributed by atoms with Crippen molar-refractivity contribution >= 4 is 35.1 Å². The fourth-order valence-electron chi connectivity index (χ4n) is 4.87. The summed E-state index contributed by atoms with van der Waals surface area (Å²) < 4.78 is 85.9. The zero-order valence-electron chi connectivity index (χ0n) is 23.5. The highest BCUT2D eigenvalue weighted by Crippen LogP contribution is 2.37. The zero-order valence-corrected chi connectivity index (χ0v) is 24.2. The quantitative estimate of drug-likeness (QED) is 0.387. The van der Waals surface area contributed by atoms with Crippen LogP contribution in [0.3, 0.4) is 0 Å². The Bertz CT molecular complexity index is 1630. The van der Waals surface area contributed by atoms with Crippen molar-refractivity contribution < 1.29 is 40.7 Å². The van der Waals surface area contributed by atoms with Gasteiger partial charge >= 0.3 is 12.4 Å². The lowest BCUT2D eigenvalue weighted by Crippen LogP contribution is -2.50. The molecule has 1 fully saturated rings. The lowest BCUT2D eigenvalue weighted by molar-refractivity contribution is -0.148. The summed E-state index contributed by atoms with van der Waals surface area (Å²) in [6.07, 6.45) is -8.36. The van der Waals surface area contributed by atoms with E-state index in [1.54, 1.807) is 4.90 Å². The molecular weight excluding hydrogens is 636 g/mol. The zero-order chi connectivity index (χ0) is 32.7. The highest BCUT2D eigenvalue weighted by atomic mass is 35.5. The molecule has 1 aromatic carbocycles. The number of nitrogens with two attached hydrogens (primary N) is 1. The Morgan fingerprint density at radius 3 is 2.44 bits per heavy atom. The van der Waals surface area contributed by atoms with Crippen LogP contribution in [0.5, 0.6) is 0 Å². The molecule has 1 atom stereocenters. The van der Waals surface area contributed by atoms with Gasteiger partial charge in [0.25, 0.3) is 17.8 Å². The molecule has 45 heavy (non-hydrogen) atoms. The van der Waals surface area contributed by atoms with Crippen molar-refractivity contribution in [3.63, 3.8) is 0 Å². The van der Waals surface area contributed by atoms with E-state index in [-0.39, 0.29) is 44.4 Å². The third-order valence-electron chi connectivity index (χ3n) is 7.10. The van der Waals surface area contributed by atoms with Gasteiger partial charge in [-0.15, -0.1) is 0 Å². The number of imidazole rings is 1. The second-order valence-electron chi connectivity index (χ2n) is 10.3. The predicted octanol–water partition coefficient (Wildman–Crippen LogP) is 3.24. The number of aliphatic imine (C=N–C) groups is 1. The molecule has 2 amide bonds. The van der Waals surface area contributed by atoms with Crippen LogP contribution in [0, 0.1) is 0 Å². The molecule has 0 spiro atoms. The van der Waals surface area contributed by atoms with E-state index in [1.165, 1.54) is 25.2 Å². The molecule has 3 N–H and O–H groups in total. The van der Waals surface area contributed by atoms with Crippen LogP contribution < -0.4 is 11.1 Å². The Balaban J connectivity index is 1.26. The number of benzene rings is 1. The number of halogens is 7. The number of rotatable bonds is 6. The number of piperazine rings is 1. The van der Waals surface area contributed by atoms with E-state index in [2.05, 4.69) is 20.4 Å². The van der Waals surface area contributed by atoms with Crippen LogP contribution in [0.15, 0.2) is 35.6 Å². The van der Waals surface area contributed by atoms with Gasteiger partial charge in [0.2, 0.25) is 0 Å². The van der Waals surface area contributed by atoms with Gasteiger partial charge in [-0.05, 0) is 18.2 Å². The topological polar surface area (TPSA) is 136 Å². The first kappa shape index (κ1) is 32.1. The average molecular weight is 662 g/mol. The number of carbonyl (C=O) groups is 2. The largest absolute Gasteiger partial charge is 0.463 e. The van der Waals surface area contributed by atoms with Crippen LogP contribution in [0.4, 0.5) is 32.0 Å². The molecule has 12 nitrogen and oxygen atoms in total. The maximum atomic E-state index is 13.6. The Morgan fingerprint density at radius 2 is 1.84 bits per heavy atom. The van der Waals surface area contributed by atoms with Crippen molar-refractivity contribution in [3.8, 4) is 11.3 Å². The maximum Gasteiger partial charge on any atom is 0.435 e. The second-order valence-corrected chi connectivity index (χ2v) is 10.7. The first-order chi connectivity index (χ1) is 21.1. The lowest BCUT2D eigenvalue weighted by Gasteiger charge is -2.35. The third kappa shape index (κ3) is 7.00. The highest BCUT2D eigenvalue weighted by Gasteiger charge is 2.40. The monoisotopic (exact) mass is 661 g/mol. The van der Waals surface area contributed by atoms with Gasteiger partial charge in [-0.3, -0.25) is 14.3 Å². The molecule has 2 aliphatic heterocycles. The molecule has 0 bridgehead atoms. The fourth-order valence-corrected chi connectivity index (χ4v) is 5.13. The van der Waals surface area contributed by atoms with Crippen LogP contribution in [0.1, 0.15) is 26.7 Å². The molecule has 0 unspecified atom stereocenters. The highest BCUT2D eigenvalue weighted by molar-refractivity contribution is 6.34. The van der Waals surface area contributed by atoms with Crippen LogP contribution in [0.2, 0.25) is 5.02 Å². The molecule has 0 saturated carbocycles. The molecule has 0 radical (unpaired) electrons. The van der Waals surface area contributed by atoms with E-state index in [9.17, 15) is 35.9 Å². The molecule has 3 aromatic rings. The number of hydrogen-bond donors (Lipinski definition) is 2. The molecule has 2 aromatic heterocycles. The normalized spacial score (nSPS) is 17.4. The number of aromatic nitrogens is 4. The van der Waals surface area contributed by atoms with Gasteiger partial charge in [-0.25, -0.2) is 9.98 Å². The first-order valence-electron chi connectivity index (χ1n) is 13.4. The van der Waals surface area contributed by atoms with Crippen molar-refractivity contribution in [2.75, 3.05) is 44.6 Å². The van der Waals surface area contributed by atoms with Gasteiger partial charge in [0.05, 0.1) is 28.0 Å². The Hall–Kier alpha value is -4.32. The molecule has 4 heterocycles. The summed E-state index contributed by atoms with van der Waals surface area (Å²) in [5.41, 5.74) is 3.46. The SMILES string of the molecule is Cn1c(-c2cn(CC(F)(F)F)nc2C(F)(F)F)cnc1C(=O)Nc1ccc(C(=O)N2CCN(C3=N[C@@H](CN)CO3)CC2)c(Cl)c1. The van der Waals surface area contributed by atoms with E-state index < -0.39 is 36.1 Å². The summed E-state index contributed by atoms with van der Waals surface area (Å²) in [6.45, 7) is 0.812. The van der Waals surface area contributed by atoms with Gasteiger partial charge < -0.3 is 30.2 Å². The van der Waals surface area contributed by atoms with Crippen LogP contribution in [-0.4, -0.2) is 98.5 Å². The van der Waals surface area contributed by atoms with E-state index in [1.807, 2.05) is 4.90 Å². The standard InChI is InChI=1S/C26H26ClF6N9O3/c1-39-19(17-11-42(13-25(28,29)30)38-20(17)26(31,32)33)10-35-21(39)22(43)36-14-2-3-16(18(27)8-14)23(44)40-4-6-41(7-5-40)24-37-15(9-34)12-45-24/h2-3,8,10-11,15H,4-7,9,12-13,34H2,1H3,(H,36,43)/t15-/m0/s1. The Morgan fingerprint density at radius 1 is 1.13 bits per heavy atom. The van der Waals surface area contributed by atoms with Gasteiger partial charge in [-0.1, -0.05) is 11.6 Å². The first-order valence-corrected chi connectivity index (χ1v) is 13.8. The summed E-state index contributed by atoms with van der Waals surface area (Å²) in [6, 6.07) is 4.61. The van der Waals surface area contributed by atoms with Crippen molar-refractivity contribution in [3.05, 3.63) is 52.7 Å². The number of nitrogens with one attached hydrogen (secondary N) is 1. The predicted molar refractivity (Wildman–Crippen MR) is 149 cm³/mol. The summed E-state index contributed by atoms with van der Waals surface area (Å²) in [5.74, 6) is -1.52. The molecule has 0 aliphatic carbocycles. The molecule has 5 rings (SSSR count). The number of amides is 2. The number of amidine groups is 1. The van der Waals surface area contributed by atoms with Gasteiger partial charge in [-0.2, -0.15) is 31.4 Å². The van der Waals surface area contributed by atoms with E-state index in [0.717, 1.165) is 10.8 Å². The smallest absolute Gasteiger partial charge is 0.435 e. The summed E-state index contributed by atoms with van der Waals surface area (Å²) >= 11 is 6.38. The number of nitrogens with zero attached hydrogens (tertiary/aromatic N) is 7. The summed E-state index contributed by atoms with van der Waals surface area (Å²) in [5, 5.41) is 5.62. The van der Waals surface area contributed by atoms with Crippen molar-refractivity contribution in [2.45, 2.75) is 24.9 Å². The lowest BCUT2D eigenvalue weighted by atomic mass is 10.1. The Labute approximate surface area is 256 Å². The summed E-state index contributed by atoms with van der Waals surface area (Å²) in [7, 11) is 1.23. The Kier molecular flexibility index (Phi) is 8.72. The van der Waals surface area contributed by atoms with Gasteiger partial charge in [0.1, 0.15) is 19.2 Å². The average Bonchev–Trinajstić information content (AvgIpc) is 3.70. The van der Waals surface area contributed by atoms with E-state index in [0.29, 0.717) is 51.5 Å². The third-order valence-corrected chi connectivity index (χ3v) is 7.42. The van der Waals surface area contributed by atoms with Crippen LogP contribution in [0.25, 0.3) is 11.3 Å². The second kappa shape index (κ2) is 12.2. The number of ether oxygens (including phenoxy) is 1. The van der Waals surface area contributed by atoms with Gasteiger partial charge in [0, 0.05) is 51.7 Å². The minimum absolute atomic E-state index is 0.0435. The molecule has 242 valence electrons. The van der Waals surface area contributed by atoms with Crippen LogP contribution >= 0.6 is 11.6 Å². The van der Waals surface area contributed by atoms with Crippen molar-refractivity contribution in [1.82, 2.24) is 29.1 Å².